The van der Waals surface area contributed by atoms with E-state index in [9.17, 15) is 9.59 Å². The highest BCUT2D eigenvalue weighted by Gasteiger charge is 2.42. The van der Waals surface area contributed by atoms with Crippen LogP contribution in [0, 0.1) is 0 Å². The largest absolute Gasteiger partial charge is 0.465 e. The Bertz CT molecular complexity index is 1450. The summed E-state index contributed by atoms with van der Waals surface area (Å²) >= 11 is 5.76. The highest BCUT2D eigenvalue weighted by molar-refractivity contribution is 7.80. The predicted molar refractivity (Wildman–Crippen MR) is 144 cm³/mol. The summed E-state index contributed by atoms with van der Waals surface area (Å²) in [6.45, 7) is 1.47. The lowest BCUT2D eigenvalue weighted by Gasteiger charge is -2.26. The van der Waals surface area contributed by atoms with Crippen molar-refractivity contribution >= 4 is 40.6 Å². The van der Waals surface area contributed by atoms with E-state index in [0.29, 0.717) is 27.9 Å². The third kappa shape index (κ3) is 4.94. The standard InChI is InChI=1S/C28H24N4O4S/c1-17(33)30-20-9-11-21(12-10-20)32-26(25(31-28(32)37)22-8-3-4-15-29-22)24-14-13-23(36-24)18-6-5-7-19(16-18)27(34)35-2/h3-16,25-26H,1-2H3,(H,30,33)(H,31,37)/t25-,26+/m0/s1. The Morgan fingerprint density at radius 2 is 1.86 bits per heavy atom. The van der Waals surface area contributed by atoms with Crippen LogP contribution in [-0.4, -0.2) is 29.1 Å². The number of nitrogens with zero attached hydrogens (tertiary/aromatic N) is 2. The number of ether oxygens (including phenoxy) is 1. The number of anilines is 2. The Labute approximate surface area is 219 Å². The van der Waals surface area contributed by atoms with Crippen LogP contribution in [0.25, 0.3) is 11.3 Å². The summed E-state index contributed by atoms with van der Waals surface area (Å²) < 4.78 is 11.2. The van der Waals surface area contributed by atoms with E-state index >= 15 is 0 Å². The molecule has 186 valence electrons. The summed E-state index contributed by atoms with van der Waals surface area (Å²) in [5, 5.41) is 6.71. The zero-order valence-electron chi connectivity index (χ0n) is 20.2. The number of methoxy groups -OCH3 is 1. The van der Waals surface area contributed by atoms with E-state index in [2.05, 4.69) is 15.6 Å². The first-order valence-corrected chi connectivity index (χ1v) is 12.0. The van der Waals surface area contributed by atoms with E-state index < -0.39 is 5.97 Å². The van der Waals surface area contributed by atoms with E-state index in [1.165, 1.54) is 14.0 Å². The zero-order chi connectivity index (χ0) is 25.9. The molecule has 1 aliphatic heterocycles. The molecule has 37 heavy (non-hydrogen) atoms. The van der Waals surface area contributed by atoms with Crippen molar-refractivity contribution in [3.8, 4) is 11.3 Å². The van der Waals surface area contributed by atoms with Crippen LogP contribution in [0.15, 0.2) is 89.5 Å². The van der Waals surface area contributed by atoms with Gasteiger partial charge in [-0.2, -0.15) is 0 Å². The number of hydrogen-bond donors (Lipinski definition) is 2. The van der Waals surface area contributed by atoms with Gasteiger partial charge in [-0.1, -0.05) is 18.2 Å². The number of aromatic nitrogens is 1. The molecule has 1 fully saturated rings. The maximum Gasteiger partial charge on any atom is 0.337 e. The van der Waals surface area contributed by atoms with Gasteiger partial charge in [0.25, 0.3) is 0 Å². The molecule has 0 spiro atoms. The van der Waals surface area contributed by atoms with Crippen molar-refractivity contribution in [1.29, 1.82) is 0 Å². The Morgan fingerprint density at radius 3 is 2.57 bits per heavy atom. The highest BCUT2D eigenvalue weighted by Crippen LogP contribution is 2.43. The average molecular weight is 513 g/mol. The molecule has 2 N–H and O–H groups in total. The lowest BCUT2D eigenvalue weighted by Crippen LogP contribution is -2.29. The first-order chi connectivity index (χ1) is 17.9. The van der Waals surface area contributed by atoms with Gasteiger partial charge >= 0.3 is 5.97 Å². The second-order valence-electron chi connectivity index (χ2n) is 8.50. The first-order valence-electron chi connectivity index (χ1n) is 11.6. The molecule has 0 bridgehead atoms. The number of carbonyl (C=O) groups excluding carboxylic acids is 2. The van der Waals surface area contributed by atoms with Crippen molar-refractivity contribution in [1.82, 2.24) is 10.3 Å². The minimum atomic E-state index is -0.414. The smallest absolute Gasteiger partial charge is 0.337 e. The molecule has 9 heteroatoms. The van der Waals surface area contributed by atoms with Crippen LogP contribution in [0.5, 0.6) is 0 Å². The molecule has 0 radical (unpaired) electrons. The van der Waals surface area contributed by atoms with Crippen LogP contribution in [-0.2, 0) is 9.53 Å². The molecule has 8 nitrogen and oxygen atoms in total. The lowest BCUT2D eigenvalue weighted by molar-refractivity contribution is -0.114. The number of nitrogens with one attached hydrogen (secondary N) is 2. The lowest BCUT2D eigenvalue weighted by atomic mass is 10.0. The fraction of sp³-hybridized carbons (Fsp3) is 0.143. The fourth-order valence-electron chi connectivity index (χ4n) is 4.41. The van der Waals surface area contributed by atoms with Crippen LogP contribution in [0.1, 0.15) is 40.8 Å². The third-order valence-electron chi connectivity index (χ3n) is 6.05. The van der Waals surface area contributed by atoms with Crippen molar-refractivity contribution in [2.45, 2.75) is 19.0 Å². The monoisotopic (exact) mass is 512 g/mol. The van der Waals surface area contributed by atoms with Crippen molar-refractivity contribution < 1.29 is 18.7 Å². The van der Waals surface area contributed by atoms with Gasteiger partial charge < -0.3 is 24.7 Å². The number of thiocarbonyl (C=S) groups is 1. The van der Waals surface area contributed by atoms with Gasteiger partial charge in [0.05, 0.1) is 24.4 Å². The molecular formula is C28H24N4O4S. The molecule has 1 saturated heterocycles. The van der Waals surface area contributed by atoms with Gasteiger partial charge in [0.15, 0.2) is 5.11 Å². The molecule has 0 unspecified atom stereocenters. The fourth-order valence-corrected chi connectivity index (χ4v) is 4.76. The molecule has 0 saturated carbocycles. The topological polar surface area (TPSA) is 96.7 Å². The molecule has 5 rings (SSSR count). The van der Waals surface area contributed by atoms with E-state index in [4.69, 9.17) is 21.4 Å². The number of benzene rings is 2. The van der Waals surface area contributed by atoms with Gasteiger partial charge in [0, 0.05) is 30.1 Å². The van der Waals surface area contributed by atoms with Crippen LogP contribution in [0.3, 0.4) is 0 Å². The van der Waals surface area contributed by atoms with Crippen molar-refractivity contribution in [3.63, 3.8) is 0 Å². The van der Waals surface area contributed by atoms with Crippen LogP contribution in [0.2, 0.25) is 0 Å². The van der Waals surface area contributed by atoms with Gasteiger partial charge in [-0.05, 0) is 72.9 Å². The quantitative estimate of drug-likeness (QED) is 0.267. The third-order valence-corrected chi connectivity index (χ3v) is 6.36. The van der Waals surface area contributed by atoms with Crippen LogP contribution in [0.4, 0.5) is 11.4 Å². The Kier molecular flexibility index (Phi) is 6.70. The minimum Gasteiger partial charge on any atom is -0.465 e. The average Bonchev–Trinajstić information content (AvgIpc) is 3.54. The zero-order valence-corrected chi connectivity index (χ0v) is 21.0. The summed E-state index contributed by atoms with van der Waals surface area (Å²) in [5.41, 5.74) is 3.54. The van der Waals surface area contributed by atoms with Crippen LogP contribution >= 0.6 is 12.2 Å². The number of furan rings is 1. The first kappa shape index (κ1) is 24.2. The molecular weight excluding hydrogens is 488 g/mol. The molecule has 0 aliphatic carbocycles. The molecule has 4 aromatic rings. The maximum atomic E-state index is 12.0. The summed E-state index contributed by atoms with van der Waals surface area (Å²) in [6, 6.07) is 23.5. The summed E-state index contributed by atoms with van der Waals surface area (Å²) in [4.78, 5) is 30.0. The number of carbonyl (C=O) groups is 2. The van der Waals surface area contributed by atoms with Gasteiger partial charge in [-0.15, -0.1) is 0 Å². The summed E-state index contributed by atoms with van der Waals surface area (Å²) in [7, 11) is 1.35. The molecule has 1 amide bonds. The number of rotatable bonds is 6. The highest BCUT2D eigenvalue weighted by atomic mass is 32.1. The molecule has 2 aromatic carbocycles. The number of amides is 1. The van der Waals surface area contributed by atoms with E-state index in [0.717, 1.165) is 16.9 Å². The van der Waals surface area contributed by atoms with Gasteiger partial charge in [-0.3, -0.25) is 9.78 Å². The van der Waals surface area contributed by atoms with Gasteiger partial charge in [0.1, 0.15) is 17.6 Å². The number of esters is 1. The van der Waals surface area contributed by atoms with Crippen LogP contribution < -0.4 is 15.5 Å². The molecule has 3 heterocycles. The second-order valence-corrected chi connectivity index (χ2v) is 8.89. The molecule has 2 atom stereocenters. The SMILES string of the molecule is COC(=O)c1cccc(-c2ccc([C@@H]3[C@H](c4ccccn4)NC(=S)N3c3ccc(NC(C)=O)cc3)o2)c1. The summed E-state index contributed by atoms with van der Waals surface area (Å²) in [6.07, 6.45) is 1.74. The summed E-state index contributed by atoms with van der Waals surface area (Å²) in [5.74, 6) is 0.730. The maximum absolute atomic E-state index is 12.0. The number of hydrogen-bond acceptors (Lipinski definition) is 6. The number of pyridine rings is 1. The van der Waals surface area contributed by atoms with Crippen molar-refractivity contribution in [2.24, 2.45) is 0 Å². The van der Waals surface area contributed by atoms with E-state index in [-0.39, 0.29) is 18.0 Å². The Balaban J connectivity index is 1.54. The van der Waals surface area contributed by atoms with Crippen molar-refractivity contribution in [2.75, 3.05) is 17.3 Å². The normalized spacial score (nSPS) is 16.8. The molecule has 2 aromatic heterocycles. The molecule has 1 aliphatic rings. The second kappa shape index (κ2) is 10.2. The predicted octanol–water partition coefficient (Wildman–Crippen LogP) is 5.26. The van der Waals surface area contributed by atoms with Gasteiger partial charge in [0.2, 0.25) is 5.91 Å². The Morgan fingerprint density at radius 1 is 1.05 bits per heavy atom. The van der Waals surface area contributed by atoms with Gasteiger partial charge in [-0.25, -0.2) is 4.79 Å². The Hall–Kier alpha value is -4.50. The minimum absolute atomic E-state index is 0.140. The van der Waals surface area contributed by atoms with Crippen molar-refractivity contribution in [3.05, 3.63) is 102 Å². The van der Waals surface area contributed by atoms with E-state index in [1.54, 1.807) is 24.4 Å². The van der Waals surface area contributed by atoms with E-state index in [1.807, 2.05) is 65.6 Å².